The fourth-order valence-corrected chi connectivity index (χ4v) is 5.58. The zero-order valence-corrected chi connectivity index (χ0v) is 24.1. The number of fused-ring (bicyclic) bond motifs is 1. The zero-order valence-electron chi connectivity index (χ0n) is 24.1. The van der Waals surface area contributed by atoms with Crippen molar-refractivity contribution < 1.29 is 23.5 Å². The van der Waals surface area contributed by atoms with Crippen molar-refractivity contribution in [1.29, 1.82) is 5.26 Å². The molecule has 0 atom stereocenters. The minimum atomic E-state index is -0.436. The van der Waals surface area contributed by atoms with Gasteiger partial charge in [0, 0.05) is 43.1 Å². The van der Waals surface area contributed by atoms with Crippen molar-refractivity contribution in [2.24, 2.45) is 0 Å². The van der Waals surface area contributed by atoms with Crippen molar-refractivity contribution in [2.75, 3.05) is 26.1 Å². The predicted molar refractivity (Wildman–Crippen MR) is 163 cm³/mol. The van der Waals surface area contributed by atoms with E-state index in [-0.39, 0.29) is 22.8 Å². The van der Waals surface area contributed by atoms with Crippen LogP contribution in [0, 0.1) is 17.1 Å². The lowest BCUT2D eigenvalue weighted by atomic mass is 9.93. The molecular weight excluding hydrogens is 547 g/mol. The molecule has 1 saturated carbocycles. The van der Waals surface area contributed by atoms with Crippen molar-refractivity contribution in [3.63, 3.8) is 0 Å². The highest BCUT2D eigenvalue weighted by molar-refractivity contribution is 6.10. The molecule has 2 aromatic heterocycles. The van der Waals surface area contributed by atoms with Crippen LogP contribution in [0.1, 0.15) is 47.3 Å². The van der Waals surface area contributed by atoms with Gasteiger partial charge in [0.15, 0.2) is 0 Å². The van der Waals surface area contributed by atoms with E-state index in [9.17, 15) is 19.2 Å². The van der Waals surface area contributed by atoms with E-state index < -0.39 is 5.82 Å². The minimum Gasteiger partial charge on any atom is -0.496 e. The number of benzene rings is 2. The summed E-state index contributed by atoms with van der Waals surface area (Å²) in [5.74, 6) is -0.741. The van der Waals surface area contributed by atoms with Gasteiger partial charge in [-0.05, 0) is 74.2 Å². The maximum atomic E-state index is 14.9. The monoisotopic (exact) mass is 580 g/mol. The van der Waals surface area contributed by atoms with Crippen LogP contribution in [-0.2, 0) is 9.53 Å². The van der Waals surface area contributed by atoms with Gasteiger partial charge in [-0.15, -0.1) is 0 Å². The van der Waals surface area contributed by atoms with Gasteiger partial charge in [-0.25, -0.2) is 4.39 Å². The molecular formula is C34H33FN4O4. The van der Waals surface area contributed by atoms with Crippen LogP contribution in [0.5, 0.6) is 5.75 Å². The van der Waals surface area contributed by atoms with Crippen LogP contribution >= 0.6 is 0 Å². The van der Waals surface area contributed by atoms with Gasteiger partial charge in [0.1, 0.15) is 17.6 Å². The van der Waals surface area contributed by atoms with Gasteiger partial charge in [0.2, 0.25) is 11.7 Å². The minimum absolute atomic E-state index is 0.165. The molecule has 0 saturated heterocycles. The maximum absolute atomic E-state index is 14.9. The molecule has 5 rings (SSSR count). The van der Waals surface area contributed by atoms with E-state index in [2.05, 4.69) is 16.7 Å². The number of ether oxygens (including phenoxy) is 2. The van der Waals surface area contributed by atoms with E-state index in [4.69, 9.17) is 9.47 Å². The topological polar surface area (TPSA) is 105 Å². The van der Waals surface area contributed by atoms with E-state index >= 15 is 0 Å². The number of carbonyl (C=O) groups excluding carboxylic acids is 2. The largest absolute Gasteiger partial charge is 0.496 e. The third kappa shape index (κ3) is 6.51. The Morgan fingerprint density at radius 3 is 2.63 bits per heavy atom. The summed E-state index contributed by atoms with van der Waals surface area (Å²) in [5, 5.41) is 15.9. The predicted octanol–water partition coefficient (Wildman–Crippen LogP) is 5.90. The number of hydrogen-bond acceptors (Lipinski definition) is 6. The Morgan fingerprint density at radius 1 is 1.07 bits per heavy atom. The number of amides is 1. The summed E-state index contributed by atoms with van der Waals surface area (Å²) < 4.78 is 27.3. The average molecular weight is 581 g/mol. The average Bonchev–Trinajstić information content (AvgIpc) is 3.47. The number of ketones is 1. The van der Waals surface area contributed by atoms with Gasteiger partial charge in [-0.2, -0.15) is 5.26 Å². The number of pyridine rings is 1. The summed E-state index contributed by atoms with van der Waals surface area (Å²) in [6.45, 7) is 0.560. The number of nitrogens with one attached hydrogen (secondary N) is 2. The third-order valence-electron chi connectivity index (χ3n) is 7.85. The second-order valence-electron chi connectivity index (χ2n) is 10.4. The quantitative estimate of drug-likeness (QED) is 0.179. The molecule has 1 amide bonds. The number of carbonyl (C=O) groups is 2. The molecule has 2 N–H and O–H groups in total. The first-order chi connectivity index (χ1) is 20.9. The number of halogens is 1. The Bertz CT molecular complexity index is 1710. The highest BCUT2D eigenvalue weighted by Gasteiger charge is 2.21. The molecule has 9 heteroatoms. The van der Waals surface area contributed by atoms with Crippen LogP contribution in [0.2, 0.25) is 0 Å². The molecule has 220 valence electrons. The Morgan fingerprint density at radius 2 is 1.88 bits per heavy atom. The highest BCUT2D eigenvalue weighted by Crippen LogP contribution is 2.36. The maximum Gasteiger partial charge on any atom is 0.248 e. The molecule has 43 heavy (non-hydrogen) atoms. The van der Waals surface area contributed by atoms with Crippen molar-refractivity contribution in [3.8, 4) is 22.9 Å². The molecule has 4 aromatic rings. The standard InChI is InChI=1S/C34H33FN4O4/c1-42-25-13-11-24(12-14-25)37-18-4-9-32(40)38-28-15-10-22(20-23(28)21-36)34(41)30-17-16-29-26(6-5-19-39(29)30)33-27(35)7-3-8-31(33)43-2/h3-10,15-17,19-20,24-25,37H,11-14,18H2,1-2H3,(H,38,40)/b9-4+/t24-,25-. The van der Waals surface area contributed by atoms with Gasteiger partial charge in [0.25, 0.3) is 0 Å². The molecule has 1 aliphatic rings. The summed E-state index contributed by atoms with van der Waals surface area (Å²) in [7, 11) is 3.23. The van der Waals surface area contributed by atoms with Gasteiger partial charge in [0.05, 0.1) is 41.2 Å². The summed E-state index contributed by atoms with van der Waals surface area (Å²) in [4.78, 5) is 26.1. The fraction of sp³-hybridized carbons (Fsp3) is 0.265. The van der Waals surface area contributed by atoms with Crippen molar-refractivity contribution in [3.05, 3.63) is 102 Å². The lowest BCUT2D eigenvalue weighted by Crippen LogP contribution is -2.35. The normalized spacial score (nSPS) is 16.7. The Balaban J connectivity index is 1.29. The molecule has 8 nitrogen and oxygen atoms in total. The molecule has 2 aromatic carbocycles. The summed E-state index contributed by atoms with van der Waals surface area (Å²) in [5.41, 5.74) is 2.62. The van der Waals surface area contributed by atoms with Crippen LogP contribution in [0.4, 0.5) is 10.1 Å². The fourth-order valence-electron chi connectivity index (χ4n) is 5.58. The SMILES string of the molecule is COc1cccc(F)c1-c1cccn2c(C(=O)c3ccc(NC(=O)/C=C/CN[C@H]4CC[C@H](OC)CC4)c(C#N)c3)ccc12. The zero-order chi connectivity index (χ0) is 30.3. The van der Waals surface area contributed by atoms with E-state index in [1.54, 1.807) is 72.3 Å². The number of hydrogen-bond donors (Lipinski definition) is 2. The van der Waals surface area contributed by atoms with Crippen LogP contribution < -0.4 is 15.4 Å². The number of anilines is 1. The van der Waals surface area contributed by atoms with Gasteiger partial charge >= 0.3 is 0 Å². The summed E-state index contributed by atoms with van der Waals surface area (Å²) >= 11 is 0. The van der Waals surface area contributed by atoms with Crippen LogP contribution in [-0.4, -0.2) is 49.0 Å². The first kappa shape index (κ1) is 29.7. The number of nitriles is 1. The van der Waals surface area contributed by atoms with E-state index in [1.165, 1.54) is 25.3 Å². The lowest BCUT2D eigenvalue weighted by Gasteiger charge is -2.27. The number of methoxy groups -OCH3 is 2. The van der Waals surface area contributed by atoms with Crippen molar-refractivity contribution in [2.45, 2.75) is 37.8 Å². The molecule has 0 radical (unpaired) electrons. The Labute approximate surface area is 249 Å². The molecule has 0 unspecified atom stereocenters. The Hall–Kier alpha value is -4.78. The highest BCUT2D eigenvalue weighted by atomic mass is 19.1. The van der Waals surface area contributed by atoms with Gasteiger partial charge in [-0.1, -0.05) is 18.2 Å². The van der Waals surface area contributed by atoms with Crippen molar-refractivity contribution >= 4 is 22.9 Å². The first-order valence-corrected chi connectivity index (χ1v) is 14.2. The smallest absolute Gasteiger partial charge is 0.248 e. The first-order valence-electron chi connectivity index (χ1n) is 14.2. The second kappa shape index (κ2) is 13.5. The molecule has 0 spiro atoms. The summed E-state index contributed by atoms with van der Waals surface area (Å²) in [6.07, 6.45) is 9.38. The molecule has 0 aliphatic heterocycles. The number of aromatic nitrogens is 1. The number of nitrogens with zero attached hydrogens (tertiary/aromatic N) is 2. The number of rotatable bonds is 10. The Kier molecular flexibility index (Phi) is 9.30. The molecule has 0 bridgehead atoms. The van der Waals surface area contributed by atoms with E-state index in [1.807, 2.05) is 0 Å². The molecule has 1 aliphatic carbocycles. The third-order valence-corrected chi connectivity index (χ3v) is 7.85. The van der Waals surface area contributed by atoms with Crippen molar-refractivity contribution in [1.82, 2.24) is 9.72 Å². The van der Waals surface area contributed by atoms with Crippen LogP contribution in [0.15, 0.2) is 79.0 Å². The summed E-state index contributed by atoms with van der Waals surface area (Å²) in [6, 6.07) is 18.6. The lowest BCUT2D eigenvalue weighted by molar-refractivity contribution is -0.111. The van der Waals surface area contributed by atoms with Crippen LogP contribution in [0.3, 0.4) is 0 Å². The van der Waals surface area contributed by atoms with E-state index in [0.29, 0.717) is 52.5 Å². The van der Waals surface area contributed by atoms with Gasteiger partial charge in [-0.3, -0.25) is 9.59 Å². The van der Waals surface area contributed by atoms with Gasteiger partial charge < -0.3 is 24.5 Å². The van der Waals surface area contributed by atoms with E-state index in [0.717, 1.165) is 25.7 Å². The van der Waals surface area contributed by atoms with Crippen LogP contribution in [0.25, 0.3) is 16.6 Å². The second-order valence-corrected chi connectivity index (χ2v) is 10.4. The molecule has 1 fully saturated rings. The molecule has 2 heterocycles.